The van der Waals surface area contributed by atoms with Gasteiger partial charge in [-0.2, -0.15) is 0 Å². The Morgan fingerprint density at radius 1 is 0.930 bits per heavy atom. The summed E-state index contributed by atoms with van der Waals surface area (Å²) in [7, 11) is -2.22. The zero-order chi connectivity index (χ0) is 31.6. The van der Waals surface area contributed by atoms with Crippen LogP contribution >= 0.6 is 34.8 Å². The van der Waals surface area contributed by atoms with Crippen LogP contribution < -0.4 is 14.4 Å². The van der Waals surface area contributed by atoms with Crippen molar-refractivity contribution in [2.75, 3.05) is 30.8 Å². The number of ether oxygens (including phenoxy) is 1. The van der Waals surface area contributed by atoms with Crippen LogP contribution in [0.4, 0.5) is 5.69 Å². The van der Waals surface area contributed by atoms with E-state index >= 15 is 0 Å². The van der Waals surface area contributed by atoms with E-state index in [2.05, 4.69) is 5.32 Å². The Labute approximate surface area is 268 Å². The summed E-state index contributed by atoms with van der Waals surface area (Å²) in [5.74, 6) is -0.164. The van der Waals surface area contributed by atoms with E-state index in [9.17, 15) is 18.0 Å². The first-order chi connectivity index (χ1) is 20.4. The number of carbonyl (C=O) groups excluding carboxylic acids is 2. The first-order valence-corrected chi connectivity index (χ1v) is 16.8. The van der Waals surface area contributed by atoms with Crippen LogP contribution in [0.3, 0.4) is 0 Å². The van der Waals surface area contributed by atoms with E-state index in [0.717, 1.165) is 18.2 Å². The normalized spacial score (nSPS) is 12.0. The van der Waals surface area contributed by atoms with Gasteiger partial charge < -0.3 is 15.0 Å². The van der Waals surface area contributed by atoms with Gasteiger partial charge in [-0.15, -0.1) is 0 Å². The van der Waals surface area contributed by atoms with Gasteiger partial charge in [-0.25, -0.2) is 8.42 Å². The van der Waals surface area contributed by atoms with Gasteiger partial charge in [-0.3, -0.25) is 13.9 Å². The average Bonchev–Trinajstić information content (AvgIpc) is 2.97. The molecular weight excluding hydrogens is 633 g/mol. The third kappa shape index (κ3) is 10.0. The molecule has 3 aromatic rings. The summed E-state index contributed by atoms with van der Waals surface area (Å²) in [6.07, 6.45) is 2.31. The van der Waals surface area contributed by atoms with E-state index in [1.165, 1.54) is 22.4 Å². The second-order valence-corrected chi connectivity index (χ2v) is 13.2. The third-order valence-corrected chi connectivity index (χ3v) is 8.96. The Hall–Kier alpha value is -2.98. The Kier molecular flexibility index (Phi) is 13.0. The fourth-order valence-electron chi connectivity index (χ4n) is 4.57. The summed E-state index contributed by atoms with van der Waals surface area (Å²) >= 11 is 18.6. The lowest BCUT2D eigenvalue weighted by molar-refractivity contribution is -0.141. The van der Waals surface area contributed by atoms with Crippen LogP contribution in [0, 0.1) is 0 Å². The van der Waals surface area contributed by atoms with Crippen LogP contribution in [-0.4, -0.2) is 57.6 Å². The molecule has 1 unspecified atom stereocenters. The SMILES string of the molecule is CCCNC(=O)C(Cc1ccccc1)N(Cc1ccc(Cl)c(Cl)c1)C(=O)CCCN(c1ccc(OC)c(Cl)c1)S(C)(=O)=O. The number of rotatable bonds is 15. The summed E-state index contributed by atoms with van der Waals surface area (Å²) in [6, 6.07) is 18.4. The number of carbonyl (C=O) groups is 2. The first kappa shape index (κ1) is 34.5. The van der Waals surface area contributed by atoms with Gasteiger partial charge in [0.15, 0.2) is 0 Å². The summed E-state index contributed by atoms with van der Waals surface area (Å²) in [6.45, 7) is 2.55. The van der Waals surface area contributed by atoms with Crippen molar-refractivity contribution in [3.05, 3.63) is 92.9 Å². The Bertz CT molecular complexity index is 1510. The molecule has 0 aromatic heterocycles. The Morgan fingerprint density at radius 2 is 1.65 bits per heavy atom. The number of nitrogens with one attached hydrogen (secondary N) is 1. The largest absolute Gasteiger partial charge is 0.495 e. The molecule has 3 aromatic carbocycles. The second-order valence-electron chi connectivity index (χ2n) is 10.0. The van der Waals surface area contributed by atoms with Gasteiger partial charge in [0.05, 0.1) is 34.1 Å². The minimum atomic E-state index is -3.69. The molecule has 232 valence electrons. The minimum Gasteiger partial charge on any atom is -0.495 e. The van der Waals surface area contributed by atoms with Crippen molar-refractivity contribution in [1.29, 1.82) is 0 Å². The molecule has 0 aliphatic rings. The van der Waals surface area contributed by atoms with Crippen LogP contribution in [0.1, 0.15) is 37.3 Å². The maximum absolute atomic E-state index is 13.9. The quantitative estimate of drug-likeness (QED) is 0.203. The molecule has 0 aliphatic carbocycles. The topological polar surface area (TPSA) is 96.0 Å². The molecule has 8 nitrogen and oxygen atoms in total. The first-order valence-electron chi connectivity index (χ1n) is 13.8. The van der Waals surface area contributed by atoms with E-state index < -0.39 is 16.1 Å². The van der Waals surface area contributed by atoms with Crippen LogP contribution in [0.2, 0.25) is 15.1 Å². The molecule has 0 fully saturated rings. The van der Waals surface area contributed by atoms with Crippen molar-refractivity contribution in [2.24, 2.45) is 0 Å². The summed E-state index contributed by atoms with van der Waals surface area (Å²) < 4.78 is 31.8. The molecule has 0 saturated carbocycles. The lowest BCUT2D eigenvalue weighted by atomic mass is 10.0. The number of methoxy groups -OCH3 is 1. The highest BCUT2D eigenvalue weighted by molar-refractivity contribution is 7.92. The Balaban J connectivity index is 1.89. The molecule has 0 bridgehead atoms. The second kappa shape index (κ2) is 16.2. The number of anilines is 1. The predicted octanol–water partition coefficient (Wildman–Crippen LogP) is 6.37. The van der Waals surface area contributed by atoms with Crippen molar-refractivity contribution < 1.29 is 22.7 Å². The summed E-state index contributed by atoms with van der Waals surface area (Å²) in [4.78, 5) is 28.9. The summed E-state index contributed by atoms with van der Waals surface area (Å²) in [5, 5.41) is 3.91. The number of hydrogen-bond donors (Lipinski definition) is 1. The highest BCUT2D eigenvalue weighted by atomic mass is 35.5. The van der Waals surface area contributed by atoms with Gasteiger partial charge in [0.25, 0.3) is 0 Å². The molecule has 0 saturated heterocycles. The number of halogens is 3. The Morgan fingerprint density at radius 3 is 2.26 bits per heavy atom. The van der Waals surface area contributed by atoms with Crippen molar-refractivity contribution in [3.8, 4) is 5.75 Å². The van der Waals surface area contributed by atoms with Gasteiger partial charge in [0.1, 0.15) is 11.8 Å². The molecule has 43 heavy (non-hydrogen) atoms. The van der Waals surface area contributed by atoms with Crippen LogP contribution in [-0.2, 0) is 32.6 Å². The van der Waals surface area contributed by atoms with Crippen LogP contribution in [0.15, 0.2) is 66.7 Å². The zero-order valence-corrected chi connectivity index (χ0v) is 27.4. The molecule has 0 spiro atoms. The fraction of sp³-hybridized carbons (Fsp3) is 0.355. The maximum atomic E-state index is 13.9. The van der Waals surface area contributed by atoms with Crippen LogP contribution in [0.5, 0.6) is 5.75 Å². The van der Waals surface area contributed by atoms with E-state index in [1.54, 1.807) is 30.3 Å². The van der Waals surface area contributed by atoms with Crippen molar-refractivity contribution in [1.82, 2.24) is 10.2 Å². The van der Waals surface area contributed by atoms with E-state index in [4.69, 9.17) is 39.5 Å². The highest BCUT2D eigenvalue weighted by Gasteiger charge is 2.30. The van der Waals surface area contributed by atoms with Gasteiger partial charge in [-0.05, 0) is 54.3 Å². The van der Waals surface area contributed by atoms with Crippen molar-refractivity contribution >= 4 is 62.3 Å². The number of benzene rings is 3. The molecule has 2 amide bonds. The highest BCUT2D eigenvalue weighted by Crippen LogP contribution is 2.30. The van der Waals surface area contributed by atoms with Gasteiger partial charge in [0, 0.05) is 32.5 Å². The molecule has 3 rings (SSSR count). The number of nitrogens with zero attached hydrogens (tertiary/aromatic N) is 2. The fourth-order valence-corrected chi connectivity index (χ4v) is 6.10. The molecule has 0 radical (unpaired) electrons. The molecule has 0 heterocycles. The molecule has 1 N–H and O–H groups in total. The van der Waals surface area contributed by atoms with E-state index in [1.807, 2.05) is 37.3 Å². The van der Waals surface area contributed by atoms with Crippen molar-refractivity contribution in [3.63, 3.8) is 0 Å². The number of hydrogen-bond acceptors (Lipinski definition) is 5. The van der Waals surface area contributed by atoms with Crippen LogP contribution in [0.25, 0.3) is 0 Å². The molecule has 0 aliphatic heterocycles. The molecule has 12 heteroatoms. The average molecular weight is 669 g/mol. The monoisotopic (exact) mass is 667 g/mol. The lowest BCUT2D eigenvalue weighted by Crippen LogP contribution is -2.50. The third-order valence-electron chi connectivity index (χ3n) is 6.73. The van der Waals surface area contributed by atoms with Gasteiger partial charge in [-0.1, -0.05) is 78.1 Å². The smallest absolute Gasteiger partial charge is 0.243 e. The van der Waals surface area contributed by atoms with Crippen molar-refractivity contribution in [2.45, 2.75) is 45.2 Å². The minimum absolute atomic E-state index is 0.0103. The van der Waals surface area contributed by atoms with E-state index in [-0.39, 0.29) is 42.8 Å². The van der Waals surface area contributed by atoms with Gasteiger partial charge >= 0.3 is 0 Å². The standard InChI is InChI=1S/C31H36Cl3N3O5S/c1-4-16-35-31(39)28(19-22-9-6-5-7-10-22)36(21-23-12-14-25(32)26(33)18-23)30(38)11-8-17-37(43(3,40)41)24-13-15-29(42-2)27(34)20-24/h5-7,9-10,12-15,18,20,28H,4,8,11,16-17,19,21H2,1-3H3,(H,35,39). The van der Waals surface area contributed by atoms with E-state index in [0.29, 0.717) is 40.0 Å². The maximum Gasteiger partial charge on any atom is 0.243 e. The molecule has 1 atom stereocenters. The van der Waals surface area contributed by atoms with Gasteiger partial charge in [0.2, 0.25) is 21.8 Å². The number of amides is 2. The summed E-state index contributed by atoms with van der Waals surface area (Å²) in [5.41, 5.74) is 1.95. The lowest BCUT2D eigenvalue weighted by Gasteiger charge is -2.32. The zero-order valence-electron chi connectivity index (χ0n) is 24.4. The predicted molar refractivity (Wildman–Crippen MR) is 174 cm³/mol. The number of sulfonamides is 1. The molecular formula is C31H36Cl3N3O5S.